The summed E-state index contributed by atoms with van der Waals surface area (Å²) in [7, 11) is 3.69. The van der Waals surface area contributed by atoms with Crippen molar-refractivity contribution in [3.63, 3.8) is 0 Å². The maximum atomic E-state index is 11.3. The Morgan fingerprint density at radius 3 is 1.13 bits per heavy atom. The van der Waals surface area contributed by atoms with Gasteiger partial charge in [0, 0.05) is 51.9 Å². The second-order valence-corrected chi connectivity index (χ2v) is 6.87. The van der Waals surface area contributed by atoms with Crippen LogP contribution in [0.15, 0.2) is 0 Å². The summed E-state index contributed by atoms with van der Waals surface area (Å²) in [4.78, 5) is 42.9. The highest BCUT2D eigenvalue weighted by molar-refractivity contribution is 6.63. The molecule has 0 aromatic heterocycles. The molecule has 0 heterocycles. The van der Waals surface area contributed by atoms with Gasteiger partial charge in [-0.15, -0.1) is 0 Å². The molecule has 0 aromatic carbocycles. The molecule has 0 rings (SSSR count). The number of amides is 2. The SMILES string of the molecule is CC.CNCCNC(=O)CCCCC(=O)NCCNC.O=C(Cl)CCCCC(=O)Cl.[Cl-]. The number of unbranched alkanes of at least 4 members (excludes halogenated alkanes) is 2. The summed E-state index contributed by atoms with van der Waals surface area (Å²) in [5.74, 6) is 0.113. The highest BCUT2D eigenvalue weighted by Crippen LogP contribution is 2.04. The first kappa shape index (κ1) is 37.4. The third kappa shape index (κ3) is 40.0. The van der Waals surface area contributed by atoms with Crippen molar-refractivity contribution in [3.8, 4) is 0 Å². The average Bonchev–Trinajstić information content (AvgIpc) is 2.71. The minimum Gasteiger partial charge on any atom is -1.00 e. The molecule has 0 fully saturated rings. The zero-order valence-corrected chi connectivity index (χ0v) is 21.5. The molecule has 186 valence electrons. The van der Waals surface area contributed by atoms with Gasteiger partial charge in [0.25, 0.3) is 0 Å². The number of carbonyl (C=O) groups is 4. The van der Waals surface area contributed by atoms with Gasteiger partial charge in [0.15, 0.2) is 0 Å². The largest absolute Gasteiger partial charge is 1.00 e. The molecule has 0 aliphatic rings. The third-order valence-electron chi connectivity index (χ3n) is 3.45. The van der Waals surface area contributed by atoms with Crippen LogP contribution in [0.3, 0.4) is 0 Å². The van der Waals surface area contributed by atoms with Crippen molar-refractivity contribution in [3.05, 3.63) is 0 Å². The summed E-state index contributed by atoms with van der Waals surface area (Å²) >= 11 is 10.1. The molecular weight excluding hydrogens is 467 g/mol. The molecule has 0 saturated heterocycles. The molecule has 0 radical (unpaired) electrons. The summed E-state index contributed by atoms with van der Waals surface area (Å²) in [5.41, 5.74) is 0. The number of carbonyl (C=O) groups excluding carboxylic acids is 4. The third-order valence-corrected chi connectivity index (χ3v) is 3.83. The van der Waals surface area contributed by atoms with Gasteiger partial charge in [-0.2, -0.15) is 0 Å². The molecule has 4 N–H and O–H groups in total. The van der Waals surface area contributed by atoms with Crippen molar-refractivity contribution < 1.29 is 31.6 Å². The number of nitrogens with one attached hydrogen (secondary N) is 4. The molecule has 11 heteroatoms. The van der Waals surface area contributed by atoms with Gasteiger partial charge in [-0.25, -0.2) is 0 Å². The minimum absolute atomic E-state index is 0. The van der Waals surface area contributed by atoms with Crippen molar-refractivity contribution in [1.82, 2.24) is 21.3 Å². The van der Waals surface area contributed by atoms with Gasteiger partial charge in [0.05, 0.1) is 0 Å². The minimum atomic E-state index is -0.359. The fourth-order valence-corrected chi connectivity index (χ4v) is 2.20. The van der Waals surface area contributed by atoms with E-state index in [4.69, 9.17) is 23.2 Å². The molecule has 0 bridgehead atoms. The predicted molar refractivity (Wildman–Crippen MR) is 124 cm³/mol. The van der Waals surface area contributed by atoms with Crippen LogP contribution < -0.4 is 33.7 Å². The van der Waals surface area contributed by atoms with E-state index in [1.54, 1.807) is 0 Å². The lowest BCUT2D eigenvalue weighted by Crippen LogP contribution is -3.00. The van der Waals surface area contributed by atoms with E-state index in [9.17, 15) is 19.2 Å². The van der Waals surface area contributed by atoms with Gasteiger partial charge >= 0.3 is 0 Å². The van der Waals surface area contributed by atoms with Gasteiger partial charge in [-0.1, -0.05) is 13.8 Å². The zero-order chi connectivity index (χ0) is 23.6. The topological polar surface area (TPSA) is 116 Å². The monoisotopic (exact) mass is 505 g/mol. The van der Waals surface area contributed by atoms with E-state index in [2.05, 4.69) is 21.3 Å². The second kappa shape index (κ2) is 31.3. The summed E-state index contributed by atoms with van der Waals surface area (Å²) in [6.07, 6.45) is 4.43. The van der Waals surface area contributed by atoms with Crippen LogP contribution in [-0.2, 0) is 19.2 Å². The van der Waals surface area contributed by atoms with E-state index < -0.39 is 0 Å². The maximum Gasteiger partial charge on any atom is 0.221 e. The molecule has 0 saturated carbocycles. The lowest BCUT2D eigenvalue weighted by atomic mass is 10.2. The Kier molecular flexibility index (Phi) is 37.7. The number of hydrogen-bond donors (Lipinski definition) is 4. The highest BCUT2D eigenvalue weighted by atomic mass is 35.5. The first-order valence-corrected chi connectivity index (χ1v) is 11.3. The summed E-state index contributed by atoms with van der Waals surface area (Å²) < 4.78 is 0. The van der Waals surface area contributed by atoms with E-state index in [0.29, 0.717) is 51.6 Å². The van der Waals surface area contributed by atoms with E-state index in [-0.39, 0.29) is 34.7 Å². The Balaban J connectivity index is -0.000000239. The predicted octanol–water partition coefficient (Wildman–Crippen LogP) is -0.674. The molecule has 0 atom stereocenters. The fourth-order valence-electron chi connectivity index (χ4n) is 1.93. The van der Waals surface area contributed by atoms with Crippen LogP contribution in [0.5, 0.6) is 0 Å². The standard InChI is InChI=1S/C12H26N4O2.C6H8Cl2O2.C2H6.ClH/c1-13-7-9-15-11(17)5-3-4-6-12(18)16-10-8-14-2;7-5(9)3-1-2-4-6(8)10;1-2;/h13-14H,3-10H2,1-2H3,(H,15,17)(H,16,18);1-4H2;1-2H3;1H/p-1. The zero-order valence-electron chi connectivity index (χ0n) is 19.3. The molecule has 0 unspecified atom stereocenters. The van der Waals surface area contributed by atoms with Gasteiger partial charge in [-0.3, -0.25) is 19.2 Å². The van der Waals surface area contributed by atoms with E-state index >= 15 is 0 Å². The quantitative estimate of drug-likeness (QED) is 0.163. The van der Waals surface area contributed by atoms with Crippen LogP contribution in [0.1, 0.15) is 65.2 Å². The lowest BCUT2D eigenvalue weighted by Gasteiger charge is -2.05. The van der Waals surface area contributed by atoms with Crippen LogP contribution in [0, 0.1) is 0 Å². The van der Waals surface area contributed by atoms with E-state index in [0.717, 1.165) is 25.9 Å². The molecule has 0 aliphatic heterocycles. The lowest BCUT2D eigenvalue weighted by molar-refractivity contribution is -0.123. The smallest absolute Gasteiger partial charge is 0.221 e. The fraction of sp³-hybridized carbons (Fsp3) is 0.800. The highest BCUT2D eigenvalue weighted by Gasteiger charge is 2.03. The Bertz CT molecular complexity index is 416. The number of rotatable bonds is 16. The van der Waals surface area contributed by atoms with Crippen LogP contribution in [-0.4, -0.2) is 62.6 Å². The maximum absolute atomic E-state index is 11.3. The first-order valence-electron chi connectivity index (χ1n) is 10.5. The average molecular weight is 507 g/mol. The van der Waals surface area contributed by atoms with Crippen molar-refractivity contribution in [2.24, 2.45) is 0 Å². The molecule has 0 aliphatic carbocycles. The molecule has 0 aromatic rings. The second-order valence-electron chi connectivity index (χ2n) is 6.03. The first-order chi connectivity index (χ1) is 14.3. The summed E-state index contributed by atoms with van der Waals surface area (Å²) in [5, 5.41) is 10.8. The number of halogens is 3. The Hall–Kier alpha value is -0.930. The molecular formula is C20H40Cl3N4O4-. The molecule has 0 spiro atoms. The van der Waals surface area contributed by atoms with Gasteiger partial charge < -0.3 is 33.7 Å². The Labute approximate surface area is 203 Å². The van der Waals surface area contributed by atoms with E-state index in [1.165, 1.54) is 0 Å². The van der Waals surface area contributed by atoms with Gasteiger partial charge in [0.1, 0.15) is 0 Å². The molecule has 8 nitrogen and oxygen atoms in total. The van der Waals surface area contributed by atoms with Crippen LogP contribution in [0.25, 0.3) is 0 Å². The van der Waals surface area contributed by atoms with Crippen LogP contribution in [0.2, 0.25) is 0 Å². The van der Waals surface area contributed by atoms with Crippen molar-refractivity contribution >= 4 is 45.5 Å². The van der Waals surface area contributed by atoms with Crippen LogP contribution in [0.4, 0.5) is 0 Å². The number of likely N-dealkylation sites (N-methyl/N-ethyl adjacent to an activating group) is 2. The van der Waals surface area contributed by atoms with Crippen molar-refractivity contribution in [1.29, 1.82) is 0 Å². The van der Waals surface area contributed by atoms with Gasteiger partial charge in [-0.05, 0) is 63.0 Å². The summed E-state index contributed by atoms with van der Waals surface area (Å²) in [6.45, 7) is 6.86. The van der Waals surface area contributed by atoms with Crippen molar-refractivity contribution in [2.75, 3.05) is 40.3 Å². The van der Waals surface area contributed by atoms with Crippen molar-refractivity contribution in [2.45, 2.75) is 65.2 Å². The van der Waals surface area contributed by atoms with Crippen LogP contribution >= 0.6 is 23.2 Å². The Morgan fingerprint density at radius 1 is 0.581 bits per heavy atom. The van der Waals surface area contributed by atoms with E-state index in [1.807, 2.05) is 27.9 Å². The summed E-state index contributed by atoms with van der Waals surface area (Å²) in [6, 6.07) is 0. The normalized spacial score (nSPS) is 9.10. The molecule has 31 heavy (non-hydrogen) atoms. The molecule has 2 amide bonds. The van der Waals surface area contributed by atoms with Gasteiger partial charge in [0.2, 0.25) is 22.3 Å². The Morgan fingerprint density at radius 2 is 0.871 bits per heavy atom. The number of hydrogen-bond acceptors (Lipinski definition) is 6.